The molecule has 98 valence electrons. The van der Waals surface area contributed by atoms with Crippen LogP contribution in [0.15, 0.2) is 23.6 Å². The fourth-order valence-electron chi connectivity index (χ4n) is 1.84. The molecule has 6 heteroatoms. The molecule has 0 amide bonds. The molecule has 2 heterocycles. The normalized spacial score (nSPS) is 18.8. The highest BCUT2D eigenvalue weighted by Gasteiger charge is 2.16. The zero-order chi connectivity index (χ0) is 13.0. The summed E-state index contributed by atoms with van der Waals surface area (Å²) in [6.07, 6.45) is 4.44. The van der Waals surface area contributed by atoms with Gasteiger partial charge in [0.2, 0.25) is 0 Å². The third kappa shape index (κ3) is 3.09. The number of rotatable bonds is 5. The van der Waals surface area contributed by atoms with E-state index in [9.17, 15) is 4.79 Å². The molecule has 0 saturated carbocycles. The van der Waals surface area contributed by atoms with Crippen LogP contribution in [0.3, 0.4) is 0 Å². The number of halogens is 1. The van der Waals surface area contributed by atoms with Crippen molar-refractivity contribution in [1.29, 1.82) is 0 Å². The highest BCUT2D eigenvalue weighted by Crippen LogP contribution is 2.24. The van der Waals surface area contributed by atoms with E-state index in [0.29, 0.717) is 18.2 Å². The summed E-state index contributed by atoms with van der Waals surface area (Å²) in [5.74, 6) is 3.05. The maximum Gasteiger partial charge on any atom is 0.287 e. The second-order valence-corrected chi connectivity index (χ2v) is 5.79. The summed E-state index contributed by atoms with van der Waals surface area (Å²) in [5, 5.41) is 7.48. The van der Waals surface area contributed by atoms with Gasteiger partial charge in [0.15, 0.2) is 0 Å². The highest BCUT2D eigenvalue weighted by atomic mass is 35.5. The molecule has 1 fully saturated rings. The number of nitrogens with zero attached hydrogens (tertiary/aromatic N) is 2. The number of nitrogens with one attached hydrogen (secondary N) is 1. The smallest absolute Gasteiger partial charge is 0.287 e. The minimum absolute atomic E-state index is 0.206. The lowest BCUT2D eigenvalue weighted by Gasteiger charge is -2.12. The maximum atomic E-state index is 11.9. The number of allylic oxidation sites excluding steroid dienone is 1. The van der Waals surface area contributed by atoms with E-state index in [2.05, 4.69) is 17.0 Å². The van der Waals surface area contributed by atoms with E-state index in [1.807, 2.05) is 11.8 Å². The van der Waals surface area contributed by atoms with Crippen LogP contribution in [0, 0.1) is 5.92 Å². The van der Waals surface area contributed by atoms with Crippen molar-refractivity contribution in [3.8, 4) is 0 Å². The van der Waals surface area contributed by atoms with Gasteiger partial charge < -0.3 is 5.32 Å². The zero-order valence-corrected chi connectivity index (χ0v) is 11.6. The summed E-state index contributed by atoms with van der Waals surface area (Å²) in [4.78, 5) is 11.9. The summed E-state index contributed by atoms with van der Waals surface area (Å²) in [6, 6.07) is 0. The monoisotopic (exact) mass is 285 g/mol. The Morgan fingerprint density at radius 1 is 1.72 bits per heavy atom. The summed E-state index contributed by atoms with van der Waals surface area (Å²) in [6.45, 7) is 4.80. The van der Waals surface area contributed by atoms with E-state index >= 15 is 0 Å². The van der Waals surface area contributed by atoms with Gasteiger partial charge in [-0.1, -0.05) is 17.7 Å². The molecule has 0 spiro atoms. The summed E-state index contributed by atoms with van der Waals surface area (Å²) < 4.78 is 1.30. The predicted octanol–water partition coefficient (Wildman–Crippen LogP) is 2.25. The molecule has 2 rings (SSSR count). The van der Waals surface area contributed by atoms with E-state index in [1.54, 1.807) is 12.3 Å². The van der Waals surface area contributed by atoms with Crippen LogP contribution in [0.4, 0.5) is 5.69 Å². The van der Waals surface area contributed by atoms with Gasteiger partial charge in [0.1, 0.15) is 5.02 Å². The van der Waals surface area contributed by atoms with Crippen molar-refractivity contribution in [2.75, 3.05) is 23.4 Å². The van der Waals surface area contributed by atoms with Gasteiger partial charge in [0.25, 0.3) is 5.56 Å². The van der Waals surface area contributed by atoms with Gasteiger partial charge in [0, 0.05) is 6.54 Å². The van der Waals surface area contributed by atoms with E-state index in [0.717, 1.165) is 6.54 Å². The van der Waals surface area contributed by atoms with Crippen LogP contribution >= 0.6 is 23.4 Å². The van der Waals surface area contributed by atoms with Gasteiger partial charge in [-0.25, -0.2) is 4.68 Å². The van der Waals surface area contributed by atoms with Crippen LogP contribution in [0.2, 0.25) is 5.02 Å². The third-order valence-electron chi connectivity index (χ3n) is 2.89. The molecule has 0 bridgehead atoms. The fourth-order valence-corrected chi connectivity index (χ4v) is 3.34. The minimum atomic E-state index is -0.276. The van der Waals surface area contributed by atoms with E-state index < -0.39 is 0 Å². The van der Waals surface area contributed by atoms with Crippen LogP contribution in [-0.4, -0.2) is 27.8 Å². The summed E-state index contributed by atoms with van der Waals surface area (Å²) >= 11 is 8.01. The Morgan fingerprint density at radius 3 is 3.22 bits per heavy atom. The Kier molecular flexibility index (Phi) is 4.72. The molecule has 1 atom stereocenters. The average molecular weight is 286 g/mol. The lowest BCUT2D eigenvalue weighted by molar-refractivity contribution is 0.627. The Labute approximate surface area is 115 Å². The Morgan fingerprint density at radius 2 is 2.56 bits per heavy atom. The highest BCUT2D eigenvalue weighted by molar-refractivity contribution is 7.99. The van der Waals surface area contributed by atoms with Crippen LogP contribution in [0.25, 0.3) is 0 Å². The van der Waals surface area contributed by atoms with Crippen molar-refractivity contribution < 1.29 is 0 Å². The fraction of sp³-hybridized carbons (Fsp3) is 0.500. The number of aromatic nitrogens is 2. The van der Waals surface area contributed by atoms with Crippen molar-refractivity contribution in [3.05, 3.63) is 34.2 Å². The summed E-state index contributed by atoms with van der Waals surface area (Å²) in [5.41, 5.74) is 0.348. The lowest BCUT2D eigenvalue weighted by Crippen LogP contribution is -2.24. The van der Waals surface area contributed by atoms with Crippen LogP contribution < -0.4 is 10.9 Å². The molecule has 18 heavy (non-hydrogen) atoms. The van der Waals surface area contributed by atoms with Crippen LogP contribution in [-0.2, 0) is 6.54 Å². The minimum Gasteiger partial charge on any atom is -0.382 e. The number of anilines is 1. The average Bonchev–Trinajstić information content (AvgIpc) is 2.87. The van der Waals surface area contributed by atoms with E-state index in [1.165, 1.54) is 22.6 Å². The van der Waals surface area contributed by atoms with Crippen LogP contribution in [0.1, 0.15) is 6.42 Å². The van der Waals surface area contributed by atoms with Gasteiger partial charge >= 0.3 is 0 Å². The molecule has 1 unspecified atom stereocenters. The molecular formula is C12H16ClN3OS. The van der Waals surface area contributed by atoms with Crippen molar-refractivity contribution in [3.63, 3.8) is 0 Å². The Hall–Kier alpha value is -0.940. The lowest BCUT2D eigenvalue weighted by atomic mass is 10.1. The second kappa shape index (κ2) is 6.29. The van der Waals surface area contributed by atoms with Gasteiger partial charge in [-0.2, -0.15) is 16.9 Å². The first-order valence-corrected chi connectivity index (χ1v) is 7.43. The third-order valence-corrected chi connectivity index (χ3v) is 4.49. The molecule has 0 radical (unpaired) electrons. The van der Waals surface area contributed by atoms with Crippen molar-refractivity contribution >= 4 is 29.1 Å². The molecule has 4 nitrogen and oxygen atoms in total. The Balaban J connectivity index is 2.06. The van der Waals surface area contributed by atoms with Gasteiger partial charge in [-0.15, -0.1) is 6.58 Å². The van der Waals surface area contributed by atoms with Gasteiger partial charge in [0.05, 0.1) is 18.4 Å². The molecule has 1 aromatic heterocycles. The molecule has 0 aliphatic carbocycles. The largest absolute Gasteiger partial charge is 0.382 e. The maximum absolute atomic E-state index is 11.9. The first kappa shape index (κ1) is 13.5. The summed E-state index contributed by atoms with van der Waals surface area (Å²) in [7, 11) is 0. The standard InChI is InChI=1S/C12H16ClN3OS/c1-2-4-16-12(17)11(13)10(7-15-16)14-6-9-3-5-18-8-9/h2,7,9,14H,1,3-6,8H2. The molecule has 1 aromatic rings. The van der Waals surface area contributed by atoms with Gasteiger partial charge in [-0.05, 0) is 23.8 Å². The zero-order valence-electron chi connectivity index (χ0n) is 10.1. The molecule has 1 saturated heterocycles. The predicted molar refractivity (Wildman–Crippen MR) is 77.6 cm³/mol. The van der Waals surface area contributed by atoms with Crippen molar-refractivity contribution in [2.45, 2.75) is 13.0 Å². The quantitative estimate of drug-likeness (QED) is 0.843. The number of hydrogen-bond donors (Lipinski definition) is 1. The van der Waals surface area contributed by atoms with Gasteiger partial charge in [-0.3, -0.25) is 4.79 Å². The SMILES string of the molecule is C=CCn1ncc(NCC2CCSC2)c(Cl)c1=O. The topological polar surface area (TPSA) is 46.9 Å². The number of hydrogen-bond acceptors (Lipinski definition) is 4. The van der Waals surface area contributed by atoms with E-state index in [-0.39, 0.29) is 10.6 Å². The Bertz CT molecular complexity index is 483. The number of thioether (sulfide) groups is 1. The van der Waals surface area contributed by atoms with Crippen molar-refractivity contribution in [1.82, 2.24) is 9.78 Å². The molecule has 1 aliphatic rings. The molecule has 1 aliphatic heterocycles. The molecular weight excluding hydrogens is 270 g/mol. The first-order valence-electron chi connectivity index (χ1n) is 5.90. The van der Waals surface area contributed by atoms with Crippen molar-refractivity contribution in [2.24, 2.45) is 5.92 Å². The molecule has 1 N–H and O–H groups in total. The molecule has 0 aromatic carbocycles. The van der Waals surface area contributed by atoms with E-state index in [4.69, 9.17) is 11.6 Å². The first-order chi connectivity index (χ1) is 8.72. The van der Waals surface area contributed by atoms with Crippen LogP contribution in [0.5, 0.6) is 0 Å². The second-order valence-electron chi connectivity index (χ2n) is 4.26.